The molecule has 3 rings (SSSR count). The van der Waals surface area contributed by atoms with Gasteiger partial charge in [0, 0.05) is 32.4 Å². The first-order valence-corrected chi connectivity index (χ1v) is 6.05. The molecule has 2 aliphatic rings. The van der Waals surface area contributed by atoms with Crippen LogP contribution in [0.1, 0.15) is 0 Å². The number of anilines is 1. The van der Waals surface area contributed by atoms with Crippen molar-refractivity contribution in [3.8, 4) is 0 Å². The largest absolute Gasteiger partial charge is 0.355 e. The van der Waals surface area contributed by atoms with Crippen molar-refractivity contribution in [2.75, 3.05) is 31.1 Å². The van der Waals surface area contributed by atoms with Crippen molar-refractivity contribution in [3.63, 3.8) is 0 Å². The molecule has 80 valence electrons. The molecule has 1 N–H and O–H groups in total. The van der Waals surface area contributed by atoms with E-state index >= 15 is 0 Å². The van der Waals surface area contributed by atoms with Crippen LogP contribution >= 0.6 is 15.9 Å². The van der Waals surface area contributed by atoms with Crippen molar-refractivity contribution >= 4 is 21.7 Å². The standard InChI is InChI=1S/C10H13BrN4/c11-9-3-13-6-14-10(9)15-4-7-1-12-2-8(7)5-15/h3,6-8,12H,1-2,4-5H2. The number of aromatic nitrogens is 2. The molecule has 2 aliphatic heterocycles. The second-order valence-corrected chi connectivity index (χ2v) is 5.13. The Morgan fingerprint density at radius 2 is 2.07 bits per heavy atom. The first kappa shape index (κ1) is 9.54. The van der Waals surface area contributed by atoms with Gasteiger partial charge in [-0.3, -0.25) is 0 Å². The Hall–Kier alpha value is -0.680. The van der Waals surface area contributed by atoms with Crippen LogP contribution in [0.3, 0.4) is 0 Å². The lowest BCUT2D eigenvalue weighted by atomic mass is 10.0. The average molecular weight is 269 g/mol. The summed E-state index contributed by atoms with van der Waals surface area (Å²) in [6.07, 6.45) is 3.43. The Kier molecular flexibility index (Phi) is 2.36. The van der Waals surface area contributed by atoms with E-state index in [0.29, 0.717) is 0 Å². The summed E-state index contributed by atoms with van der Waals surface area (Å²) in [5.41, 5.74) is 0. The molecule has 0 saturated carbocycles. The lowest BCUT2D eigenvalue weighted by Gasteiger charge is -2.19. The lowest BCUT2D eigenvalue weighted by Crippen LogP contribution is -2.26. The molecule has 1 aromatic rings. The fraction of sp³-hybridized carbons (Fsp3) is 0.600. The maximum absolute atomic E-state index is 4.34. The summed E-state index contributed by atoms with van der Waals surface area (Å²) in [6, 6.07) is 0. The molecular formula is C10H13BrN4. The summed E-state index contributed by atoms with van der Waals surface area (Å²) in [7, 11) is 0. The van der Waals surface area contributed by atoms with Crippen LogP contribution in [-0.4, -0.2) is 36.1 Å². The van der Waals surface area contributed by atoms with Crippen LogP contribution in [0.5, 0.6) is 0 Å². The van der Waals surface area contributed by atoms with Crippen molar-refractivity contribution in [3.05, 3.63) is 17.0 Å². The average Bonchev–Trinajstić information content (AvgIpc) is 2.77. The van der Waals surface area contributed by atoms with Gasteiger partial charge in [-0.15, -0.1) is 0 Å². The van der Waals surface area contributed by atoms with Gasteiger partial charge in [0.05, 0.1) is 4.47 Å². The van der Waals surface area contributed by atoms with Gasteiger partial charge in [0.2, 0.25) is 0 Å². The highest BCUT2D eigenvalue weighted by molar-refractivity contribution is 9.10. The summed E-state index contributed by atoms with van der Waals surface area (Å²) in [6.45, 7) is 4.55. The van der Waals surface area contributed by atoms with Crippen molar-refractivity contribution in [1.82, 2.24) is 15.3 Å². The van der Waals surface area contributed by atoms with Crippen LogP contribution < -0.4 is 10.2 Å². The highest BCUT2D eigenvalue weighted by Gasteiger charge is 2.36. The third-order valence-corrected chi connectivity index (χ3v) is 3.90. The number of rotatable bonds is 1. The second kappa shape index (κ2) is 3.72. The molecule has 2 saturated heterocycles. The van der Waals surface area contributed by atoms with Crippen molar-refractivity contribution in [2.24, 2.45) is 11.8 Å². The van der Waals surface area contributed by atoms with Gasteiger partial charge < -0.3 is 10.2 Å². The minimum absolute atomic E-state index is 0.798. The zero-order chi connectivity index (χ0) is 10.3. The van der Waals surface area contributed by atoms with Gasteiger partial charge in [-0.25, -0.2) is 9.97 Å². The van der Waals surface area contributed by atoms with Crippen molar-refractivity contribution in [2.45, 2.75) is 0 Å². The zero-order valence-corrected chi connectivity index (χ0v) is 9.94. The molecule has 0 radical (unpaired) electrons. The Balaban J connectivity index is 1.82. The van der Waals surface area contributed by atoms with Crippen LogP contribution in [0.15, 0.2) is 17.0 Å². The van der Waals surface area contributed by atoms with E-state index in [2.05, 4.69) is 36.1 Å². The van der Waals surface area contributed by atoms with E-state index in [1.165, 1.54) is 0 Å². The van der Waals surface area contributed by atoms with Crippen molar-refractivity contribution in [1.29, 1.82) is 0 Å². The molecule has 2 unspecified atom stereocenters. The minimum atomic E-state index is 0.798. The zero-order valence-electron chi connectivity index (χ0n) is 8.36. The van der Waals surface area contributed by atoms with Crippen molar-refractivity contribution < 1.29 is 0 Å². The van der Waals surface area contributed by atoms with Crippen LogP contribution in [0.2, 0.25) is 0 Å². The number of hydrogen-bond acceptors (Lipinski definition) is 4. The van der Waals surface area contributed by atoms with E-state index in [1.54, 1.807) is 6.33 Å². The molecule has 3 heterocycles. The second-order valence-electron chi connectivity index (χ2n) is 4.28. The lowest BCUT2D eigenvalue weighted by molar-refractivity contribution is 0.533. The quantitative estimate of drug-likeness (QED) is 0.822. The summed E-state index contributed by atoms with van der Waals surface area (Å²) in [5.74, 6) is 2.64. The SMILES string of the molecule is Brc1cncnc1N1CC2CNCC2C1. The van der Waals surface area contributed by atoms with Gasteiger partial charge in [0.25, 0.3) is 0 Å². The maximum atomic E-state index is 4.34. The molecule has 0 amide bonds. The predicted octanol–water partition coefficient (Wildman–Crippen LogP) is 0.895. The highest BCUT2D eigenvalue weighted by Crippen LogP contribution is 2.32. The summed E-state index contributed by atoms with van der Waals surface area (Å²) < 4.78 is 0.998. The molecule has 0 spiro atoms. The number of hydrogen-bond donors (Lipinski definition) is 1. The molecular weight excluding hydrogens is 256 g/mol. The number of halogens is 1. The van der Waals surface area contributed by atoms with Crippen LogP contribution in [-0.2, 0) is 0 Å². The van der Waals surface area contributed by atoms with E-state index in [1.807, 2.05) is 6.20 Å². The molecule has 0 bridgehead atoms. The van der Waals surface area contributed by atoms with Crippen LogP contribution in [0, 0.1) is 11.8 Å². The van der Waals surface area contributed by atoms with Gasteiger partial charge in [-0.1, -0.05) is 0 Å². The van der Waals surface area contributed by atoms with Gasteiger partial charge in [-0.05, 0) is 27.8 Å². The van der Waals surface area contributed by atoms with E-state index in [0.717, 1.165) is 48.3 Å². The molecule has 2 atom stereocenters. The van der Waals surface area contributed by atoms with Gasteiger partial charge in [0.15, 0.2) is 0 Å². The summed E-state index contributed by atoms with van der Waals surface area (Å²) >= 11 is 3.50. The predicted molar refractivity (Wildman–Crippen MR) is 61.8 cm³/mol. The fourth-order valence-electron chi connectivity index (χ4n) is 2.57. The number of nitrogens with zero attached hydrogens (tertiary/aromatic N) is 3. The van der Waals surface area contributed by atoms with Gasteiger partial charge >= 0.3 is 0 Å². The first-order chi connectivity index (χ1) is 7.34. The molecule has 5 heteroatoms. The smallest absolute Gasteiger partial charge is 0.146 e. The maximum Gasteiger partial charge on any atom is 0.146 e. The molecule has 2 fully saturated rings. The number of fused-ring (bicyclic) bond motifs is 1. The normalized spacial score (nSPS) is 29.5. The fourth-order valence-corrected chi connectivity index (χ4v) is 3.04. The molecule has 0 aromatic carbocycles. The topological polar surface area (TPSA) is 41.1 Å². The van der Waals surface area contributed by atoms with E-state index < -0.39 is 0 Å². The van der Waals surface area contributed by atoms with Gasteiger partial charge in [-0.2, -0.15) is 0 Å². The van der Waals surface area contributed by atoms with Gasteiger partial charge in [0.1, 0.15) is 12.1 Å². The van der Waals surface area contributed by atoms with E-state index in [9.17, 15) is 0 Å². The molecule has 4 nitrogen and oxygen atoms in total. The Morgan fingerprint density at radius 3 is 2.73 bits per heavy atom. The first-order valence-electron chi connectivity index (χ1n) is 5.26. The summed E-state index contributed by atoms with van der Waals surface area (Å²) in [5, 5.41) is 3.44. The minimum Gasteiger partial charge on any atom is -0.355 e. The Morgan fingerprint density at radius 1 is 1.33 bits per heavy atom. The summed E-state index contributed by atoms with van der Waals surface area (Å²) in [4.78, 5) is 10.7. The van der Waals surface area contributed by atoms with Crippen LogP contribution in [0.25, 0.3) is 0 Å². The van der Waals surface area contributed by atoms with E-state index in [4.69, 9.17) is 0 Å². The molecule has 0 aliphatic carbocycles. The van der Waals surface area contributed by atoms with Crippen LogP contribution in [0.4, 0.5) is 5.82 Å². The molecule has 15 heavy (non-hydrogen) atoms. The third-order valence-electron chi connectivity index (χ3n) is 3.34. The number of nitrogens with one attached hydrogen (secondary N) is 1. The van der Waals surface area contributed by atoms with E-state index in [-0.39, 0.29) is 0 Å². The highest BCUT2D eigenvalue weighted by atomic mass is 79.9. The third kappa shape index (κ3) is 1.63. The monoisotopic (exact) mass is 268 g/mol. The Bertz CT molecular complexity index is 358. The molecule has 1 aromatic heterocycles. The Labute approximate surface area is 97.2 Å².